The monoisotopic (exact) mass is 405 g/mol. The van der Waals surface area contributed by atoms with Gasteiger partial charge in [-0.3, -0.25) is 0 Å². The van der Waals surface area contributed by atoms with Gasteiger partial charge in [0.1, 0.15) is 0 Å². The Hall–Kier alpha value is -2.08. The van der Waals surface area contributed by atoms with Crippen molar-refractivity contribution in [3.63, 3.8) is 0 Å². The number of hydrogen-bond acceptors (Lipinski definition) is 5. The molecule has 1 saturated heterocycles. The maximum absolute atomic E-state index is 13.0. The van der Waals surface area contributed by atoms with E-state index in [-0.39, 0.29) is 9.80 Å². The van der Waals surface area contributed by atoms with E-state index in [4.69, 9.17) is 4.74 Å². The molecule has 1 heterocycles. The van der Waals surface area contributed by atoms with Crippen LogP contribution in [0.3, 0.4) is 0 Å². The van der Waals surface area contributed by atoms with Crippen molar-refractivity contribution in [2.45, 2.75) is 57.3 Å². The highest BCUT2D eigenvalue weighted by molar-refractivity contribution is 7.96. The zero-order valence-corrected chi connectivity index (χ0v) is 17.9. The van der Waals surface area contributed by atoms with Crippen LogP contribution in [0.5, 0.6) is 0 Å². The van der Waals surface area contributed by atoms with Gasteiger partial charge < -0.3 is 9.64 Å². The summed E-state index contributed by atoms with van der Waals surface area (Å²) in [5.74, 6) is -0.843. The molecule has 28 heavy (non-hydrogen) atoms. The van der Waals surface area contributed by atoms with Gasteiger partial charge in [-0.05, 0) is 50.5 Å². The van der Waals surface area contributed by atoms with Gasteiger partial charge in [-0.2, -0.15) is 0 Å². The summed E-state index contributed by atoms with van der Waals surface area (Å²) in [4.78, 5) is 14.3. The maximum Gasteiger partial charge on any atom is 0.349 e. The number of methoxy groups -OCH3 is 1. The lowest BCUT2D eigenvalue weighted by atomic mass is 10.2. The summed E-state index contributed by atoms with van der Waals surface area (Å²) in [6, 6.07) is 6.47. The number of esters is 1. The highest BCUT2D eigenvalue weighted by atomic mass is 32.2. The summed E-state index contributed by atoms with van der Waals surface area (Å²) in [6.45, 7) is 6.02. The first-order chi connectivity index (χ1) is 13.4. The van der Waals surface area contributed by atoms with Crippen LogP contribution in [0.15, 0.2) is 51.9 Å². The minimum Gasteiger partial charge on any atom is -0.465 e. The van der Waals surface area contributed by atoms with Crippen molar-refractivity contribution >= 4 is 15.8 Å². The molecule has 0 atom stereocenters. The first-order valence-electron chi connectivity index (χ1n) is 9.96. The molecule has 5 nitrogen and oxygen atoms in total. The van der Waals surface area contributed by atoms with Gasteiger partial charge >= 0.3 is 5.97 Å². The van der Waals surface area contributed by atoms with Crippen LogP contribution in [-0.2, 0) is 19.4 Å². The average Bonchev–Trinajstić information content (AvgIpc) is 3.12. The molecule has 154 valence electrons. The Morgan fingerprint density at radius 1 is 1.18 bits per heavy atom. The minimum absolute atomic E-state index is 0.0935. The van der Waals surface area contributed by atoms with Crippen LogP contribution in [0.25, 0.3) is 0 Å². The molecule has 0 aliphatic carbocycles. The summed E-state index contributed by atoms with van der Waals surface area (Å²) in [5.41, 5.74) is 2.03. The number of hydrogen-bond donors (Lipinski definition) is 0. The fourth-order valence-electron chi connectivity index (χ4n) is 3.31. The summed E-state index contributed by atoms with van der Waals surface area (Å²) in [5, 5.41) is 0. The molecule has 1 aromatic carbocycles. The van der Waals surface area contributed by atoms with E-state index in [9.17, 15) is 13.2 Å². The van der Waals surface area contributed by atoms with E-state index in [1.165, 1.54) is 44.6 Å². The Labute approximate surface area is 169 Å². The van der Waals surface area contributed by atoms with E-state index in [0.717, 1.165) is 43.6 Å². The Kier molecular flexibility index (Phi) is 8.30. The standard InChI is InChI=1S/C22H31NO4S/c1-4-5-6-7-16-23-17-8-9-19(23)12-15-21(22(24)27-3)28(25,26)20-13-10-18(2)11-14-20/h10-15H,4-9,16-17H2,1-3H3/b19-12+,21-15+. The molecular formula is C22H31NO4S. The predicted octanol–water partition coefficient (Wildman–Crippen LogP) is 4.39. The lowest BCUT2D eigenvalue weighted by Crippen LogP contribution is -2.19. The first kappa shape index (κ1) is 22.2. The van der Waals surface area contributed by atoms with Crippen LogP contribution < -0.4 is 0 Å². The van der Waals surface area contributed by atoms with Crippen LogP contribution in [0.1, 0.15) is 51.0 Å². The molecule has 1 aliphatic heterocycles. The molecule has 0 radical (unpaired) electrons. The van der Waals surface area contributed by atoms with E-state index in [1.807, 2.05) is 6.92 Å². The molecule has 2 rings (SSSR count). The van der Waals surface area contributed by atoms with Gasteiger partial charge in [0.05, 0.1) is 12.0 Å². The molecule has 1 fully saturated rings. The number of ether oxygens (including phenoxy) is 1. The molecule has 1 aromatic rings. The van der Waals surface area contributed by atoms with Gasteiger partial charge in [-0.25, -0.2) is 13.2 Å². The smallest absolute Gasteiger partial charge is 0.349 e. The Morgan fingerprint density at radius 2 is 1.89 bits per heavy atom. The van der Waals surface area contributed by atoms with E-state index in [1.54, 1.807) is 18.2 Å². The number of rotatable bonds is 9. The van der Waals surface area contributed by atoms with Crippen LogP contribution in [0.4, 0.5) is 0 Å². The highest BCUT2D eigenvalue weighted by Crippen LogP contribution is 2.25. The van der Waals surface area contributed by atoms with E-state index < -0.39 is 15.8 Å². The topological polar surface area (TPSA) is 63.7 Å². The molecule has 0 aromatic heterocycles. The number of sulfone groups is 1. The van der Waals surface area contributed by atoms with E-state index >= 15 is 0 Å². The predicted molar refractivity (Wildman–Crippen MR) is 111 cm³/mol. The van der Waals surface area contributed by atoms with Crippen molar-refractivity contribution in [1.82, 2.24) is 4.90 Å². The van der Waals surface area contributed by atoms with Crippen LogP contribution in [0, 0.1) is 6.92 Å². The maximum atomic E-state index is 13.0. The Balaban J connectivity index is 2.27. The number of allylic oxidation sites excluding steroid dienone is 3. The molecule has 1 aliphatic rings. The van der Waals surface area contributed by atoms with Gasteiger partial charge in [0.15, 0.2) is 4.91 Å². The Bertz CT molecular complexity index is 823. The molecular weight excluding hydrogens is 374 g/mol. The summed E-state index contributed by atoms with van der Waals surface area (Å²) in [6.07, 6.45) is 9.87. The van der Waals surface area contributed by atoms with Gasteiger partial charge in [-0.15, -0.1) is 0 Å². The third-order valence-electron chi connectivity index (χ3n) is 4.98. The zero-order chi connectivity index (χ0) is 20.6. The van der Waals surface area contributed by atoms with Gasteiger partial charge in [0.2, 0.25) is 9.84 Å². The van der Waals surface area contributed by atoms with Crippen LogP contribution in [-0.4, -0.2) is 39.5 Å². The largest absolute Gasteiger partial charge is 0.465 e. The van der Waals surface area contributed by atoms with Crippen molar-refractivity contribution in [1.29, 1.82) is 0 Å². The summed E-state index contributed by atoms with van der Waals surface area (Å²) < 4.78 is 30.7. The van der Waals surface area contributed by atoms with Crippen molar-refractivity contribution < 1.29 is 17.9 Å². The quantitative estimate of drug-likeness (QED) is 0.346. The zero-order valence-electron chi connectivity index (χ0n) is 17.1. The number of nitrogens with zero attached hydrogens (tertiary/aromatic N) is 1. The third kappa shape index (κ3) is 5.71. The second-order valence-corrected chi connectivity index (χ2v) is 9.07. The normalized spacial score (nSPS) is 16.6. The van der Waals surface area contributed by atoms with Gasteiger partial charge in [0, 0.05) is 18.8 Å². The molecule has 0 unspecified atom stereocenters. The number of benzene rings is 1. The van der Waals surface area contributed by atoms with Crippen molar-refractivity contribution in [2.75, 3.05) is 20.2 Å². The highest BCUT2D eigenvalue weighted by Gasteiger charge is 2.27. The van der Waals surface area contributed by atoms with E-state index in [0.29, 0.717) is 0 Å². The number of aryl methyl sites for hydroxylation is 1. The average molecular weight is 406 g/mol. The van der Waals surface area contributed by atoms with Crippen molar-refractivity contribution in [3.05, 3.63) is 52.6 Å². The van der Waals surface area contributed by atoms with Crippen molar-refractivity contribution in [2.24, 2.45) is 0 Å². The fraction of sp³-hybridized carbons (Fsp3) is 0.500. The number of carbonyl (C=O) groups excluding carboxylic acids is 1. The molecule has 0 amide bonds. The van der Waals surface area contributed by atoms with E-state index in [2.05, 4.69) is 11.8 Å². The number of unbranched alkanes of at least 4 members (excludes halogenated alkanes) is 3. The molecule has 0 bridgehead atoms. The molecule has 6 heteroatoms. The fourth-order valence-corrected chi connectivity index (χ4v) is 4.61. The lowest BCUT2D eigenvalue weighted by molar-refractivity contribution is -0.135. The second-order valence-electron chi connectivity index (χ2n) is 7.15. The third-order valence-corrected chi connectivity index (χ3v) is 6.76. The van der Waals surface area contributed by atoms with Crippen LogP contribution >= 0.6 is 0 Å². The number of likely N-dealkylation sites (tertiary alicyclic amines) is 1. The Morgan fingerprint density at radius 3 is 2.54 bits per heavy atom. The number of carbonyl (C=O) groups is 1. The molecule has 0 saturated carbocycles. The SMILES string of the molecule is CCCCCCN1CCC/C1=C\C=C(/C(=O)OC)S(=O)(=O)c1ccc(C)cc1. The van der Waals surface area contributed by atoms with Gasteiger partial charge in [0.25, 0.3) is 0 Å². The summed E-state index contributed by atoms with van der Waals surface area (Å²) in [7, 11) is -2.74. The first-order valence-corrected chi connectivity index (χ1v) is 11.4. The van der Waals surface area contributed by atoms with Crippen LogP contribution in [0.2, 0.25) is 0 Å². The minimum atomic E-state index is -3.94. The van der Waals surface area contributed by atoms with Crippen molar-refractivity contribution in [3.8, 4) is 0 Å². The van der Waals surface area contributed by atoms with Gasteiger partial charge in [-0.1, -0.05) is 43.9 Å². The molecule has 0 N–H and O–H groups in total. The summed E-state index contributed by atoms with van der Waals surface area (Å²) >= 11 is 0. The lowest BCUT2D eigenvalue weighted by Gasteiger charge is -2.19. The second kappa shape index (κ2) is 10.5. The molecule has 0 spiro atoms.